The molecule has 1 saturated heterocycles. The summed E-state index contributed by atoms with van der Waals surface area (Å²) in [5.41, 5.74) is 2.47. The van der Waals surface area contributed by atoms with Crippen LogP contribution in [0.25, 0.3) is 6.08 Å². The van der Waals surface area contributed by atoms with Gasteiger partial charge in [0.25, 0.3) is 11.1 Å². The number of methoxy groups -OCH3 is 2. The molecule has 1 aliphatic heterocycles. The maximum absolute atomic E-state index is 12.6. The molecule has 0 bridgehead atoms. The van der Waals surface area contributed by atoms with Crippen LogP contribution in [-0.2, 0) is 9.59 Å². The SMILES string of the molecule is COc1ccc(/C=C2\SC(=O)N(CCC(=O)Nc3ccc(C)cc3)C2=O)cc1OC. The maximum Gasteiger partial charge on any atom is 0.293 e. The first-order chi connectivity index (χ1) is 14.4. The van der Waals surface area contributed by atoms with Crippen LogP contribution in [0.2, 0.25) is 0 Å². The van der Waals surface area contributed by atoms with Gasteiger partial charge in [-0.3, -0.25) is 19.3 Å². The van der Waals surface area contributed by atoms with Crippen molar-refractivity contribution in [2.75, 3.05) is 26.1 Å². The molecule has 3 amide bonds. The van der Waals surface area contributed by atoms with Gasteiger partial charge in [-0.15, -0.1) is 0 Å². The highest BCUT2D eigenvalue weighted by Gasteiger charge is 2.35. The first-order valence-corrected chi connectivity index (χ1v) is 10.1. The van der Waals surface area contributed by atoms with E-state index in [-0.39, 0.29) is 18.9 Å². The standard InChI is InChI=1S/C22H22N2O5S/c1-14-4-7-16(8-5-14)23-20(25)10-11-24-21(26)19(30-22(24)27)13-15-6-9-17(28-2)18(12-15)29-3/h4-9,12-13H,10-11H2,1-3H3,(H,23,25)/b19-13-. The third-order valence-corrected chi connectivity index (χ3v) is 5.38. The van der Waals surface area contributed by atoms with Gasteiger partial charge >= 0.3 is 0 Å². The molecule has 0 spiro atoms. The van der Waals surface area contributed by atoms with Gasteiger partial charge in [0.1, 0.15) is 0 Å². The molecule has 7 nitrogen and oxygen atoms in total. The predicted octanol–water partition coefficient (Wildman–Crippen LogP) is 4.08. The van der Waals surface area contributed by atoms with Crippen LogP contribution < -0.4 is 14.8 Å². The highest BCUT2D eigenvalue weighted by atomic mass is 32.2. The van der Waals surface area contributed by atoms with Gasteiger partial charge in [0.15, 0.2) is 11.5 Å². The number of imide groups is 1. The second kappa shape index (κ2) is 9.49. The smallest absolute Gasteiger partial charge is 0.293 e. The third kappa shape index (κ3) is 5.01. The molecule has 1 fully saturated rings. The Bertz CT molecular complexity index is 1000. The lowest BCUT2D eigenvalue weighted by molar-refractivity contribution is -0.123. The number of hydrogen-bond acceptors (Lipinski definition) is 6. The summed E-state index contributed by atoms with van der Waals surface area (Å²) in [7, 11) is 3.06. The second-order valence-electron chi connectivity index (χ2n) is 6.61. The fourth-order valence-corrected chi connectivity index (χ4v) is 3.73. The lowest BCUT2D eigenvalue weighted by Gasteiger charge is -2.12. The minimum atomic E-state index is -0.414. The number of rotatable bonds is 7. The highest BCUT2D eigenvalue weighted by molar-refractivity contribution is 8.18. The third-order valence-electron chi connectivity index (χ3n) is 4.48. The number of nitrogens with one attached hydrogen (secondary N) is 1. The largest absolute Gasteiger partial charge is 0.493 e. The van der Waals surface area contributed by atoms with E-state index in [1.807, 2.05) is 19.1 Å². The number of anilines is 1. The summed E-state index contributed by atoms with van der Waals surface area (Å²) in [6.45, 7) is 1.98. The van der Waals surface area contributed by atoms with Gasteiger partial charge < -0.3 is 14.8 Å². The number of benzene rings is 2. The van der Waals surface area contributed by atoms with Crippen molar-refractivity contribution >= 4 is 40.6 Å². The highest BCUT2D eigenvalue weighted by Crippen LogP contribution is 2.34. The molecule has 30 heavy (non-hydrogen) atoms. The van der Waals surface area contributed by atoms with Crippen LogP contribution in [0, 0.1) is 6.92 Å². The minimum Gasteiger partial charge on any atom is -0.493 e. The van der Waals surface area contributed by atoms with Gasteiger partial charge in [0.05, 0.1) is 19.1 Å². The molecular weight excluding hydrogens is 404 g/mol. The fourth-order valence-electron chi connectivity index (χ4n) is 2.86. The van der Waals surface area contributed by atoms with Crippen molar-refractivity contribution < 1.29 is 23.9 Å². The van der Waals surface area contributed by atoms with Crippen molar-refractivity contribution in [2.24, 2.45) is 0 Å². The van der Waals surface area contributed by atoms with Gasteiger partial charge in [-0.2, -0.15) is 0 Å². The molecule has 0 radical (unpaired) electrons. The topological polar surface area (TPSA) is 84.9 Å². The van der Waals surface area contributed by atoms with E-state index in [1.165, 1.54) is 14.2 Å². The van der Waals surface area contributed by atoms with Crippen molar-refractivity contribution in [3.05, 3.63) is 58.5 Å². The zero-order chi connectivity index (χ0) is 21.7. The van der Waals surface area contributed by atoms with Crippen LogP contribution in [0.4, 0.5) is 10.5 Å². The first kappa shape index (κ1) is 21.4. The van der Waals surface area contributed by atoms with E-state index in [9.17, 15) is 14.4 Å². The fraction of sp³-hybridized carbons (Fsp3) is 0.227. The van der Waals surface area contributed by atoms with Crippen LogP contribution in [0.3, 0.4) is 0 Å². The average Bonchev–Trinajstić information content (AvgIpc) is 3.00. The van der Waals surface area contributed by atoms with Crippen LogP contribution >= 0.6 is 11.8 Å². The molecule has 1 heterocycles. The molecule has 0 atom stereocenters. The molecule has 0 saturated carbocycles. The zero-order valence-corrected chi connectivity index (χ0v) is 17.7. The van der Waals surface area contributed by atoms with E-state index in [0.29, 0.717) is 27.7 Å². The maximum atomic E-state index is 12.6. The number of nitrogens with zero attached hydrogens (tertiary/aromatic N) is 1. The van der Waals surface area contributed by atoms with E-state index < -0.39 is 11.1 Å². The summed E-state index contributed by atoms with van der Waals surface area (Å²) in [4.78, 5) is 38.5. The molecule has 1 N–H and O–H groups in total. The summed E-state index contributed by atoms with van der Waals surface area (Å²) in [5.74, 6) is 0.422. The summed E-state index contributed by atoms with van der Waals surface area (Å²) in [6, 6.07) is 12.6. The number of aryl methyl sites for hydroxylation is 1. The van der Waals surface area contributed by atoms with Crippen molar-refractivity contribution in [2.45, 2.75) is 13.3 Å². The van der Waals surface area contributed by atoms with Crippen molar-refractivity contribution in [1.82, 2.24) is 4.90 Å². The quantitative estimate of drug-likeness (QED) is 0.672. The van der Waals surface area contributed by atoms with E-state index in [0.717, 1.165) is 22.2 Å². The van der Waals surface area contributed by atoms with E-state index in [4.69, 9.17) is 9.47 Å². The zero-order valence-electron chi connectivity index (χ0n) is 16.9. The van der Waals surface area contributed by atoms with E-state index in [1.54, 1.807) is 36.4 Å². The number of amides is 3. The molecule has 0 aromatic heterocycles. The van der Waals surface area contributed by atoms with E-state index in [2.05, 4.69) is 5.32 Å². The number of ether oxygens (including phenoxy) is 2. The summed E-state index contributed by atoms with van der Waals surface area (Å²) < 4.78 is 10.5. The Morgan fingerprint density at radius 3 is 2.43 bits per heavy atom. The van der Waals surface area contributed by atoms with Gasteiger partial charge in [-0.25, -0.2) is 0 Å². The molecular formula is C22H22N2O5S. The van der Waals surface area contributed by atoms with Crippen molar-refractivity contribution in [3.63, 3.8) is 0 Å². The molecule has 2 aromatic carbocycles. The molecule has 156 valence electrons. The second-order valence-corrected chi connectivity index (χ2v) is 7.61. The monoisotopic (exact) mass is 426 g/mol. The number of carbonyl (C=O) groups is 3. The van der Waals surface area contributed by atoms with Crippen molar-refractivity contribution in [3.8, 4) is 11.5 Å². The Morgan fingerprint density at radius 2 is 1.77 bits per heavy atom. The van der Waals surface area contributed by atoms with Crippen molar-refractivity contribution in [1.29, 1.82) is 0 Å². The molecule has 1 aliphatic rings. The molecule has 8 heteroatoms. The first-order valence-electron chi connectivity index (χ1n) is 9.25. The number of hydrogen-bond donors (Lipinski definition) is 1. The molecule has 3 rings (SSSR count). The Morgan fingerprint density at radius 1 is 1.07 bits per heavy atom. The summed E-state index contributed by atoms with van der Waals surface area (Å²) in [6.07, 6.45) is 1.65. The van der Waals surface area contributed by atoms with Gasteiger partial charge in [-0.1, -0.05) is 23.8 Å². The molecule has 0 aliphatic carbocycles. The average molecular weight is 426 g/mol. The van der Waals surface area contributed by atoms with Gasteiger partial charge in [0, 0.05) is 18.7 Å². The number of thioether (sulfide) groups is 1. The summed E-state index contributed by atoms with van der Waals surface area (Å²) >= 11 is 0.852. The Balaban J connectivity index is 1.63. The lowest BCUT2D eigenvalue weighted by atomic mass is 10.2. The Labute approximate surface area is 179 Å². The lowest BCUT2D eigenvalue weighted by Crippen LogP contribution is -2.31. The summed E-state index contributed by atoms with van der Waals surface area (Å²) in [5, 5.41) is 2.37. The normalized spacial score (nSPS) is 14.9. The molecule has 0 unspecified atom stereocenters. The predicted molar refractivity (Wildman–Crippen MR) is 117 cm³/mol. The van der Waals surface area contributed by atoms with Gasteiger partial charge in [-0.05, 0) is 54.6 Å². The number of carbonyl (C=O) groups excluding carboxylic acids is 3. The Kier molecular flexibility index (Phi) is 6.79. The minimum absolute atomic E-state index is 0.0195. The molecule has 2 aromatic rings. The van der Waals surface area contributed by atoms with Gasteiger partial charge in [0.2, 0.25) is 5.91 Å². The van der Waals surface area contributed by atoms with Crippen LogP contribution in [0.1, 0.15) is 17.5 Å². The van der Waals surface area contributed by atoms with E-state index >= 15 is 0 Å². The van der Waals surface area contributed by atoms with Crippen LogP contribution in [0.15, 0.2) is 47.4 Å². The van der Waals surface area contributed by atoms with Crippen LogP contribution in [0.5, 0.6) is 11.5 Å². The Hall–Kier alpha value is -3.26. The van der Waals surface area contributed by atoms with Crippen LogP contribution in [-0.4, -0.2) is 42.7 Å².